The number of carbonyl (C=O) groups excluding carboxylic acids is 3. The van der Waals surface area contributed by atoms with Crippen LogP contribution in [0.5, 0.6) is 11.5 Å². The van der Waals surface area contributed by atoms with E-state index in [-0.39, 0.29) is 16.5 Å². The summed E-state index contributed by atoms with van der Waals surface area (Å²) in [4.78, 5) is 35.5. The number of ether oxygens (including phenoxy) is 2. The Morgan fingerprint density at radius 3 is 1.86 bits per heavy atom. The van der Waals surface area contributed by atoms with Gasteiger partial charge in [-0.1, -0.05) is 48.0 Å². The Morgan fingerprint density at radius 2 is 1.31 bits per heavy atom. The number of benzene rings is 3. The average molecular weight is 407 g/mol. The van der Waals surface area contributed by atoms with Crippen LogP contribution >= 0.6 is 11.6 Å². The Balaban J connectivity index is 1.91. The van der Waals surface area contributed by atoms with Crippen molar-refractivity contribution in [2.45, 2.75) is 0 Å². The number of allylic oxidation sites excluding steroid dienone is 1. The molecule has 0 N–H and O–H groups in total. The second-order valence-electron chi connectivity index (χ2n) is 5.82. The maximum atomic E-state index is 12.4. The van der Waals surface area contributed by atoms with Crippen LogP contribution in [0.1, 0.15) is 26.3 Å². The van der Waals surface area contributed by atoms with Crippen molar-refractivity contribution < 1.29 is 23.9 Å². The summed E-state index contributed by atoms with van der Waals surface area (Å²) in [6.45, 7) is 0. The number of aldehydes is 1. The number of halogens is 1. The summed E-state index contributed by atoms with van der Waals surface area (Å²) in [5.41, 5.74) is 1.02. The predicted molar refractivity (Wildman–Crippen MR) is 109 cm³/mol. The van der Waals surface area contributed by atoms with Crippen LogP contribution in [0.4, 0.5) is 0 Å². The number of rotatable bonds is 6. The maximum Gasteiger partial charge on any atom is 0.343 e. The summed E-state index contributed by atoms with van der Waals surface area (Å²) in [7, 11) is 0. The molecule has 0 saturated heterocycles. The van der Waals surface area contributed by atoms with Crippen molar-refractivity contribution in [2.24, 2.45) is 0 Å². The third-order valence-electron chi connectivity index (χ3n) is 3.86. The minimum atomic E-state index is -0.617. The van der Waals surface area contributed by atoms with Crippen LogP contribution < -0.4 is 9.47 Å². The maximum absolute atomic E-state index is 12.4. The van der Waals surface area contributed by atoms with E-state index >= 15 is 0 Å². The van der Waals surface area contributed by atoms with E-state index in [1.54, 1.807) is 60.7 Å². The second kappa shape index (κ2) is 9.48. The number of carbonyl (C=O) groups is 3. The summed E-state index contributed by atoms with van der Waals surface area (Å²) in [5, 5.41) is 0.0804. The quantitative estimate of drug-likeness (QED) is 0.252. The standard InChI is InChI=1S/C23H15ClO5/c24-20(13-14-25)19-12-11-18(28-22(26)16-7-3-1-4-8-16)15-21(19)29-23(27)17-9-5-2-6-10-17/h1-15H. The lowest BCUT2D eigenvalue weighted by molar-refractivity contribution is -0.104. The lowest BCUT2D eigenvalue weighted by atomic mass is 10.1. The molecule has 0 aromatic heterocycles. The first-order valence-electron chi connectivity index (χ1n) is 8.58. The Kier molecular flexibility index (Phi) is 6.55. The van der Waals surface area contributed by atoms with E-state index in [1.165, 1.54) is 18.2 Å². The Morgan fingerprint density at radius 1 is 0.759 bits per heavy atom. The van der Waals surface area contributed by atoms with Gasteiger partial charge in [0.25, 0.3) is 0 Å². The smallest absolute Gasteiger partial charge is 0.343 e. The summed E-state index contributed by atoms with van der Waals surface area (Å²) in [6, 6.07) is 21.2. The molecule has 3 aromatic rings. The zero-order chi connectivity index (χ0) is 20.6. The fourth-order valence-electron chi connectivity index (χ4n) is 2.47. The zero-order valence-electron chi connectivity index (χ0n) is 15.1. The lowest BCUT2D eigenvalue weighted by Crippen LogP contribution is -2.11. The van der Waals surface area contributed by atoms with Gasteiger partial charge < -0.3 is 9.47 Å². The molecular weight excluding hydrogens is 392 g/mol. The van der Waals surface area contributed by atoms with E-state index < -0.39 is 11.9 Å². The van der Waals surface area contributed by atoms with Crippen LogP contribution in [0.3, 0.4) is 0 Å². The van der Waals surface area contributed by atoms with Crippen molar-refractivity contribution in [2.75, 3.05) is 0 Å². The molecule has 0 spiro atoms. The van der Waals surface area contributed by atoms with Crippen LogP contribution in [0.25, 0.3) is 5.03 Å². The van der Waals surface area contributed by atoms with Gasteiger partial charge in [0.2, 0.25) is 0 Å². The molecule has 0 heterocycles. The molecule has 0 unspecified atom stereocenters. The first-order valence-corrected chi connectivity index (χ1v) is 8.96. The van der Waals surface area contributed by atoms with Gasteiger partial charge in [-0.2, -0.15) is 0 Å². The SMILES string of the molecule is O=CC=C(Cl)c1ccc(OC(=O)c2ccccc2)cc1OC(=O)c1ccccc1. The van der Waals surface area contributed by atoms with Crippen LogP contribution in [0, 0.1) is 0 Å². The molecule has 0 amide bonds. The molecule has 3 rings (SSSR count). The average Bonchev–Trinajstić information content (AvgIpc) is 2.75. The molecule has 0 aliphatic carbocycles. The largest absolute Gasteiger partial charge is 0.423 e. The van der Waals surface area contributed by atoms with Gasteiger partial charge in [0.05, 0.1) is 16.2 Å². The Hall–Kier alpha value is -3.70. The van der Waals surface area contributed by atoms with Crippen molar-refractivity contribution in [3.05, 3.63) is 102 Å². The fourth-order valence-corrected chi connectivity index (χ4v) is 2.68. The number of hydrogen-bond acceptors (Lipinski definition) is 5. The molecule has 144 valence electrons. The molecule has 0 saturated carbocycles. The van der Waals surface area contributed by atoms with Crippen molar-refractivity contribution in [3.63, 3.8) is 0 Å². The minimum Gasteiger partial charge on any atom is -0.423 e. The molecule has 0 aliphatic rings. The first-order chi connectivity index (χ1) is 14.1. The van der Waals surface area contributed by atoms with E-state index in [0.717, 1.165) is 6.08 Å². The highest BCUT2D eigenvalue weighted by molar-refractivity contribution is 6.50. The van der Waals surface area contributed by atoms with Gasteiger partial charge in [0.1, 0.15) is 17.8 Å². The summed E-state index contributed by atoms with van der Waals surface area (Å²) < 4.78 is 10.8. The Bertz CT molecular complexity index is 1060. The molecule has 29 heavy (non-hydrogen) atoms. The van der Waals surface area contributed by atoms with Crippen molar-refractivity contribution in [1.82, 2.24) is 0 Å². The van der Waals surface area contributed by atoms with Gasteiger partial charge in [0.15, 0.2) is 0 Å². The minimum absolute atomic E-state index is 0.0558. The predicted octanol–water partition coefficient (Wildman–Crippen LogP) is 4.90. The summed E-state index contributed by atoms with van der Waals surface area (Å²) in [6.07, 6.45) is 1.65. The highest BCUT2D eigenvalue weighted by Crippen LogP contribution is 2.33. The van der Waals surface area contributed by atoms with Crippen molar-refractivity contribution in [3.8, 4) is 11.5 Å². The van der Waals surface area contributed by atoms with Crippen LogP contribution in [-0.2, 0) is 4.79 Å². The van der Waals surface area contributed by atoms with E-state index in [1.807, 2.05) is 0 Å². The highest BCUT2D eigenvalue weighted by Gasteiger charge is 2.16. The van der Waals surface area contributed by atoms with Crippen LogP contribution in [0.15, 0.2) is 84.9 Å². The van der Waals surface area contributed by atoms with Gasteiger partial charge in [-0.25, -0.2) is 9.59 Å². The van der Waals surface area contributed by atoms with Crippen molar-refractivity contribution >= 4 is 34.9 Å². The third-order valence-corrected chi connectivity index (χ3v) is 4.19. The lowest BCUT2D eigenvalue weighted by Gasteiger charge is -2.12. The topological polar surface area (TPSA) is 69.7 Å². The molecule has 0 atom stereocenters. The van der Waals surface area contributed by atoms with E-state index in [9.17, 15) is 14.4 Å². The molecule has 6 heteroatoms. The normalized spacial score (nSPS) is 10.9. The molecule has 0 aliphatic heterocycles. The molecular formula is C23H15ClO5. The second-order valence-corrected chi connectivity index (χ2v) is 6.23. The van der Waals surface area contributed by atoms with E-state index in [2.05, 4.69) is 0 Å². The van der Waals surface area contributed by atoms with Gasteiger partial charge in [0, 0.05) is 11.6 Å². The van der Waals surface area contributed by atoms with Gasteiger partial charge in [-0.15, -0.1) is 0 Å². The van der Waals surface area contributed by atoms with Gasteiger partial charge >= 0.3 is 11.9 Å². The molecule has 0 bridgehead atoms. The van der Waals surface area contributed by atoms with Crippen molar-refractivity contribution in [1.29, 1.82) is 0 Å². The fraction of sp³-hybridized carbons (Fsp3) is 0. The molecule has 0 radical (unpaired) electrons. The van der Waals surface area contributed by atoms with Crippen LogP contribution in [0.2, 0.25) is 0 Å². The Labute approximate surface area is 172 Å². The molecule has 3 aromatic carbocycles. The highest BCUT2D eigenvalue weighted by atomic mass is 35.5. The summed E-state index contributed by atoms with van der Waals surface area (Å²) in [5.74, 6) is -0.962. The molecule has 5 nitrogen and oxygen atoms in total. The van der Waals surface area contributed by atoms with Crippen LogP contribution in [-0.4, -0.2) is 18.2 Å². The monoisotopic (exact) mass is 406 g/mol. The summed E-state index contributed by atoms with van der Waals surface area (Å²) >= 11 is 6.13. The van der Waals surface area contributed by atoms with E-state index in [0.29, 0.717) is 23.0 Å². The zero-order valence-corrected chi connectivity index (χ0v) is 15.8. The van der Waals surface area contributed by atoms with E-state index in [4.69, 9.17) is 21.1 Å². The number of esters is 2. The number of hydrogen-bond donors (Lipinski definition) is 0. The van der Waals surface area contributed by atoms with Gasteiger partial charge in [-0.3, -0.25) is 4.79 Å². The first kappa shape index (κ1) is 20.0. The van der Waals surface area contributed by atoms with Gasteiger partial charge in [-0.05, 0) is 42.5 Å². The molecule has 0 fully saturated rings. The third kappa shape index (κ3) is 5.18.